The van der Waals surface area contributed by atoms with E-state index in [0.717, 1.165) is 12.0 Å². The molecule has 1 fully saturated rings. The minimum absolute atomic E-state index is 0.0127. The van der Waals surface area contributed by atoms with Gasteiger partial charge in [0, 0.05) is 25.5 Å². The van der Waals surface area contributed by atoms with Gasteiger partial charge < -0.3 is 19.5 Å². The third kappa shape index (κ3) is 4.17. The maximum absolute atomic E-state index is 13.1. The second kappa shape index (κ2) is 9.31. The van der Waals surface area contributed by atoms with Gasteiger partial charge in [0.15, 0.2) is 0 Å². The second-order valence-electron chi connectivity index (χ2n) is 8.93. The number of methoxy groups -OCH3 is 1. The van der Waals surface area contributed by atoms with Crippen molar-refractivity contribution >= 4 is 12.1 Å². The van der Waals surface area contributed by atoms with Crippen molar-refractivity contribution in [2.24, 2.45) is 0 Å². The fourth-order valence-electron chi connectivity index (χ4n) is 5.20. The van der Waals surface area contributed by atoms with Crippen molar-refractivity contribution in [1.29, 1.82) is 0 Å². The van der Waals surface area contributed by atoms with E-state index >= 15 is 0 Å². The first-order valence-electron chi connectivity index (χ1n) is 11.5. The van der Waals surface area contributed by atoms with Gasteiger partial charge in [-0.2, -0.15) is 0 Å². The highest BCUT2D eigenvalue weighted by Crippen LogP contribution is 2.44. The Hall–Kier alpha value is -3.64. The van der Waals surface area contributed by atoms with E-state index in [1.165, 1.54) is 22.3 Å². The fourth-order valence-corrected chi connectivity index (χ4v) is 5.20. The summed E-state index contributed by atoms with van der Waals surface area (Å²) < 4.78 is 11.5. The zero-order chi connectivity index (χ0) is 23.7. The highest BCUT2D eigenvalue weighted by molar-refractivity contribution is 5.87. The van der Waals surface area contributed by atoms with E-state index in [1.54, 1.807) is 24.1 Å². The van der Waals surface area contributed by atoms with Gasteiger partial charge in [-0.25, -0.2) is 9.59 Å². The van der Waals surface area contributed by atoms with Crippen LogP contribution in [0, 0.1) is 0 Å². The van der Waals surface area contributed by atoms with E-state index in [9.17, 15) is 9.59 Å². The number of rotatable bonds is 5. The summed E-state index contributed by atoms with van der Waals surface area (Å²) in [6.45, 7) is 1.25. The predicted molar refractivity (Wildman–Crippen MR) is 128 cm³/mol. The van der Waals surface area contributed by atoms with E-state index in [2.05, 4.69) is 24.3 Å². The Morgan fingerprint density at radius 2 is 1.53 bits per heavy atom. The molecule has 1 heterocycles. The molecule has 1 amide bonds. The number of ether oxygens (including phenoxy) is 2. The Bertz CT molecular complexity index is 1160. The van der Waals surface area contributed by atoms with Gasteiger partial charge in [-0.3, -0.25) is 0 Å². The van der Waals surface area contributed by atoms with Gasteiger partial charge >= 0.3 is 12.1 Å². The molecule has 6 nitrogen and oxygen atoms in total. The summed E-state index contributed by atoms with van der Waals surface area (Å²) >= 11 is 0. The predicted octanol–water partition coefficient (Wildman–Crippen LogP) is 5.14. The molecule has 3 aromatic rings. The summed E-state index contributed by atoms with van der Waals surface area (Å²) in [6.07, 6.45) is 0.296. The number of fused-ring (bicyclic) bond motifs is 3. The van der Waals surface area contributed by atoms with Gasteiger partial charge in [-0.05, 0) is 46.4 Å². The molecule has 1 aliphatic carbocycles. The molecule has 1 N–H and O–H groups in total. The lowest BCUT2D eigenvalue weighted by Crippen LogP contribution is -2.46. The second-order valence-corrected chi connectivity index (χ2v) is 8.93. The van der Waals surface area contributed by atoms with Crippen LogP contribution in [-0.4, -0.2) is 55.0 Å². The topological polar surface area (TPSA) is 76.1 Å². The summed E-state index contributed by atoms with van der Waals surface area (Å²) in [6, 6.07) is 23.4. The highest BCUT2D eigenvalue weighted by atomic mass is 16.6. The number of hydrogen-bond donors (Lipinski definition) is 1. The molecular formula is C28H27NO5. The lowest BCUT2D eigenvalue weighted by molar-refractivity contribution is 0.0158. The van der Waals surface area contributed by atoms with Crippen LogP contribution in [0.4, 0.5) is 4.79 Å². The van der Waals surface area contributed by atoms with Gasteiger partial charge in [0.05, 0.1) is 18.2 Å². The Morgan fingerprint density at radius 3 is 2.12 bits per heavy atom. The summed E-state index contributed by atoms with van der Waals surface area (Å²) in [5, 5.41) is 9.16. The molecule has 0 aromatic heterocycles. The smallest absolute Gasteiger partial charge is 0.409 e. The van der Waals surface area contributed by atoms with Gasteiger partial charge in [-0.15, -0.1) is 0 Å². The molecule has 6 heteroatoms. The molecule has 0 saturated carbocycles. The molecule has 5 rings (SSSR count). The zero-order valence-corrected chi connectivity index (χ0v) is 19.0. The monoisotopic (exact) mass is 457 g/mol. The summed E-state index contributed by atoms with van der Waals surface area (Å²) in [5.74, 6) is -0.897. The summed E-state index contributed by atoms with van der Waals surface area (Å²) in [5.41, 5.74) is 5.99. The first-order chi connectivity index (χ1) is 16.5. The van der Waals surface area contributed by atoms with Crippen LogP contribution in [0.5, 0.6) is 0 Å². The molecule has 0 bridgehead atoms. The van der Waals surface area contributed by atoms with Crippen LogP contribution in [0.25, 0.3) is 11.1 Å². The molecule has 1 unspecified atom stereocenters. The zero-order valence-electron chi connectivity index (χ0n) is 19.0. The molecule has 0 spiro atoms. The van der Waals surface area contributed by atoms with E-state index in [0.29, 0.717) is 13.1 Å². The number of amides is 1. The lowest BCUT2D eigenvalue weighted by Gasteiger charge is -2.37. The van der Waals surface area contributed by atoms with Crippen LogP contribution in [0.2, 0.25) is 0 Å². The van der Waals surface area contributed by atoms with E-state index in [1.807, 2.05) is 36.4 Å². The molecule has 34 heavy (non-hydrogen) atoms. The molecule has 174 valence electrons. The number of nitrogens with zero attached hydrogens (tertiary/aromatic N) is 1. The number of carbonyl (C=O) groups excluding carboxylic acids is 1. The number of benzene rings is 3. The molecule has 1 aliphatic heterocycles. The highest BCUT2D eigenvalue weighted by Gasteiger charge is 2.34. The van der Waals surface area contributed by atoms with Crippen molar-refractivity contribution in [3.8, 4) is 11.1 Å². The van der Waals surface area contributed by atoms with Crippen molar-refractivity contribution in [3.05, 3.63) is 95.1 Å². The Labute approximate surface area is 198 Å². The van der Waals surface area contributed by atoms with Crippen molar-refractivity contribution in [2.75, 3.05) is 26.8 Å². The molecule has 3 aromatic carbocycles. The minimum atomic E-state index is -0.953. The number of piperidine rings is 1. The van der Waals surface area contributed by atoms with E-state index < -0.39 is 5.97 Å². The minimum Gasteiger partial charge on any atom is -0.478 e. The molecule has 1 saturated heterocycles. The van der Waals surface area contributed by atoms with Crippen LogP contribution >= 0.6 is 0 Å². The number of hydrogen-bond acceptors (Lipinski definition) is 4. The maximum Gasteiger partial charge on any atom is 0.409 e. The molecule has 2 atom stereocenters. The van der Waals surface area contributed by atoms with Gasteiger partial charge in [0.2, 0.25) is 0 Å². The Morgan fingerprint density at radius 1 is 0.912 bits per heavy atom. The van der Waals surface area contributed by atoms with Crippen LogP contribution in [0.15, 0.2) is 72.8 Å². The fraction of sp³-hybridized carbons (Fsp3) is 0.286. The van der Waals surface area contributed by atoms with E-state index in [4.69, 9.17) is 14.6 Å². The summed E-state index contributed by atoms with van der Waals surface area (Å²) in [4.78, 5) is 26.0. The largest absolute Gasteiger partial charge is 0.478 e. The third-order valence-corrected chi connectivity index (χ3v) is 6.97. The quantitative estimate of drug-likeness (QED) is 0.574. The van der Waals surface area contributed by atoms with Crippen LogP contribution < -0.4 is 0 Å². The maximum atomic E-state index is 13.1. The van der Waals surface area contributed by atoms with Crippen LogP contribution in [-0.2, 0) is 9.47 Å². The average molecular weight is 458 g/mol. The van der Waals surface area contributed by atoms with Gasteiger partial charge in [0.1, 0.15) is 6.61 Å². The van der Waals surface area contributed by atoms with Crippen molar-refractivity contribution < 1.29 is 24.2 Å². The Kier molecular flexibility index (Phi) is 6.07. The number of carbonyl (C=O) groups is 2. The molecule has 0 radical (unpaired) electrons. The molecule has 2 aliphatic rings. The first kappa shape index (κ1) is 22.2. The lowest BCUT2D eigenvalue weighted by atomic mass is 9.89. The SMILES string of the molecule is COC1C[C@@H](c2ccc(C(=O)O)cc2)CN(C(=O)OCC2c3ccccc3-c3ccccc32)C1. The number of carboxylic acids is 1. The van der Waals surface area contributed by atoms with E-state index in [-0.39, 0.29) is 36.2 Å². The van der Waals surface area contributed by atoms with Gasteiger partial charge in [0.25, 0.3) is 0 Å². The van der Waals surface area contributed by atoms with Crippen LogP contribution in [0.1, 0.15) is 45.3 Å². The number of likely N-dealkylation sites (tertiary alicyclic amines) is 1. The molecular weight excluding hydrogens is 430 g/mol. The normalized spacial score (nSPS) is 19.4. The van der Waals surface area contributed by atoms with Crippen LogP contribution in [0.3, 0.4) is 0 Å². The number of carboxylic acid groups (broad SMARTS) is 1. The standard InChI is InChI=1S/C28H27NO5/c1-33-21-14-20(18-10-12-19(13-11-18)27(30)31)15-29(16-21)28(32)34-17-26-24-8-4-2-6-22(24)23-7-3-5-9-25(23)26/h2-13,20-21,26H,14-17H2,1H3,(H,30,31)/t20-,21?/m1/s1. The summed E-state index contributed by atoms with van der Waals surface area (Å²) in [7, 11) is 1.65. The van der Waals surface area contributed by atoms with Crippen molar-refractivity contribution in [3.63, 3.8) is 0 Å². The third-order valence-electron chi connectivity index (χ3n) is 6.97. The average Bonchev–Trinajstić information content (AvgIpc) is 3.20. The number of aromatic carboxylic acids is 1. The van der Waals surface area contributed by atoms with Crippen molar-refractivity contribution in [2.45, 2.75) is 24.4 Å². The van der Waals surface area contributed by atoms with Crippen molar-refractivity contribution in [1.82, 2.24) is 4.90 Å². The Balaban J connectivity index is 1.30. The first-order valence-corrected chi connectivity index (χ1v) is 11.5. The van der Waals surface area contributed by atoms with Gasteiger partial charge in [-0.1, -0.05) is 60.7 Å².